The molecule has 2 aliphatic rings. The van der Waals surface area contributed by atoms with E-state index in [2.05, 4.69) is 53.3 Å². The predicted molar refractivity (Wildman–Crippen MR) is 148 cm³/mol. The molecular formula is C31H35N5O2. The summed E-state index contributed by atoms with van der Waals surface area (Å²) >= 11 is 0. The van der Waals surface area contributed by atoms with Crippen molar-refractivity contribution in [3.63, 3.8) is 0 Å². The maximum Gasteiger partial charge on any atom is 0.318 e. The largest absolute Gasteiger partial charge is 0.497 e. The van der Waals surface area contributed by atoms with E-state index >= 15 is 0 Å². The van der Waals surface area contributed by atoms with Crippen LogP contribution in [0.4, 0.5) is 4.79 Å². The number of fused-ring (bicyclic) bond motifs is 3. The summed E-state index contributed by atoms with van der Waals surface area (Å²) in [5, 5.41) is 8.45. The van der Waals surface area contributed by atoms with Gasteiger partial charge in [0.05, 0.1) is 36.8 Å². The molecule has 0 spiro atoms. The van der Waals surface area contributed by atoms with Gasteiger partial charge in [0, 0.05) is 17.8 Å². The number of aryl methyl sites for hydroxylation is 1. The molecule has 0 radical (unpaired) electrons. The maximum absolute atomic E-state index is 14.1. The van der Waals surface area contributed by atoms with Gasteiger partial charge in [0.15, 0.2) is 0 Å². The highest BCUT2D eigenvalue weighted by Gasteiger charge is 2.37. The molecule has 7 nitrogen and oxygen atoms in total. The molecule has 6 rings (SSSR count). The third-order valence-electron chi connectivity index (χ3n) is 7.91. The highest BCUT2D eigenvalue weighted by Crippen LogP contribution is 2.39. The number of para-hydroxylation sites is 1. The van der Waals surface area contributed by atoms with Gasteiger partial charge >= 0.3 is 6.03 Å². The molecule has 1 aliphatic carbocycles. The number of methoxy groups -OCH3 is 1. The van der Waals surface area contributed by atoms with Gasteiger partial charge in [-0.2, -0.15) is 5.10 Å². The van der Waals surface area contributed by atoms with Crippen molar-refractivity contribution in [2.45, 2.75) is 64.1 Å². The molecule has 0 bridgehead atoms. The minimum absolute atomic E-state index is 0.0279. The van der Waals surface area contributed by atoms with Crippen LogP contribution in [0.3, 0.4) is 0 Å². The van der Waals surface area contributed by atoms with E-state index in [1.165, 1.54) is 19.3 Å². The molecule has 1 unspecified atom stereocenters. The number of hydrogen-bond donors (Lipinski definition) is 1. The van der Waals surface area contributed by atoms with Crippen molar-refractivity contribution < 1.29 is 9.53 Å². The lowest BCUT2D eigenvalue weighted by molar-refractivity contribution is 0.173. The van der Waals surface area contributed by atoms with Crippen LogP contribution in [0.5, 0.6) is 5.75 Å². The van der Waals surface area contributed by atoms with Crippen LogP contribution in [0, 0.1) is 0 Å². The van der Waals surface area contributed by atoms with Crippen molar-refractivity contribution in [3.8, 4) is 17.3 Å². The Morgan fingerprint density at radius 1 is 1.03 bits per heavy atom. The van der Waals surface area contributed by atoms with E-state index < -0.39 is 0 Å². The first-order valence-corrected chi connectivity index (χ1v) is 13.7. The fourth-order valence-corrected chi connectivity index (χ4v) is 6.01. The number of benzene rings is 2. The van der Waals surface area contributed by atoms with Gasteiger partial charge in [-0.1, -0.05) is 56.5 Å². The van der Waals surface area contributed by atoms with E-state index in [0.29, 0.717) is 6.54 Å². The number of hydrogen-bond acceptors (Lipinski definition) is 3. The number of rotatable bonds is 5. The Morgan fingerprint density at radius 2 is 1.84 bits per heavy atom. The molecule has 1 atom stereocenters. The van der Waals surface area contributed by atoms with E-state index in [0.717, 1.165) is 59.0 Å². The number of aromatic nitrogens is 3. The van der Waals surface area contributed by atoms with Crippen molar-refractivity contribution in [3.05, 3.63) is 95.4 Å². The normalized spacial score (nSPS) is 17.4. The van der Waals surface area contributed by atoms with Gasteiger partial charge in [-0.3, -0.25) is 0 Å². The number of amides is 2. The number of ether oxygens (including phenoxy) is 1. The number of nitrogens with one attached hydrogen (secondary N) is 1. The summed E-state index contributed by atoms with van der Waals surface area (Å²) in [5.74, 6) is 1.77. The molecule has 1 saturated carbocycles. The minimum atomic E-state index is -0.287. The van der Waals surface area contributed by atoms with Crippen molar-refractivity contribution in [1.29, 1.82) is 0 Å². The molecule has 2 amide bonds. The number of carbonyl (C=O) groups excluding carboxylic acids is 1. The molecule has 2 aromatic carbocycles. The smallest absolute Gasteiger partial charge is 0.318 e. The van der Waals surface area contributed by atoms with E-state index in [1.807, 2.05) is 46.0 Å². The summed E-state index contributed by atoms with van der Waals surface area (Å²) in [5.41, 5.74) is 5.13. The van der Waals surface area contributed by atoms with Crippen molar-refractivity contribution in [1.82, 2.24) is 24.6 Å². The molecule has 1 aliphatic heterocycles. The Morgan fingerprint density at radius 3 is 2.61 bits per heavy atom. The van der Waals surface area contributed by atoms with Gasteiger partial charge < -0.3 is 19.5 Å². The zero-order valence-corrected chi connectivity index (χ0v) is 22.1. The first kappa shape index (κ1) is 24.3. The van der Waals surface area contributed by atoms with Gasteiger partial charge in [-0.15, -0.1) is 0 Å². The summed E-state index contributed by atoms with van der Waals surface area (Å²) in [6.45, 7) is 2.60. The first-order chi connectivity index (χ1) is 18.7. The molecule has 3 heterocycles. The molecule has 4 aromatic rings. The predicted octanol–water partition coefficient (Wildman–Crippen LogP) is 6.18. The van der Waals surface area contributed by atoms with Crippen LogP contribution in [0.2, 0.25) is 0 Å². The Balaban J connectivity index is 1.53. The van der Waals surface area contributed by atoms with Gasteiger partial charge in [0.25, 0.3) is 0 Å². The molecule has 2 aromatic heterocycles. The van der Waals surface area contributed by atoms with Crippen LogP contribution in [0.25, 0.3) is 11.5 Å². The second kappa shape index (κ2) is 10.4. The van der Waals surface area contributed by atoms with Crippen LogP contribution in [0.15, 0.2) is 72.9 Å². The Bertz CT molecular complexity index is 1420. The van der Waals surface area contributed by atoms with Crippen LogP contribution < -0.4 is 10.1 Å². The first-order valence-electron chi connectivity index (χ1n) is 13.7. The molecule has 1 N–H and O–H groups in total. The van der Waals surface area contributed by atoms with Crippen LogP contribution in [0.1, 0.15) is 67.6 Å². The Labute approximate surface area is 224 Å². The molecule has 0 saturated heterocycles. The monoisotopic (exact) mass is 509 g/mol. The van der Waals surface area contributed by atoms with E-state index in [9.17, 15) is 4.79 Å². The number of carbonyl (C=O) groups is 1. The fraction of sp³-hybridized carbons (Fsp3) is 0.355. The molecule has 196 valence electrons. The number of urea groups is 1. The van der Waals surface area contributed by atoms with Crippen molar-refractivity contribution in [2.24, 2.45) is 0 Å². The fourth-order valence-electron chi connectivity index (χ4n) is 6.01. The van der Waals surface area contributed by atoms with Gasteiger partial charge in [0.1, 0.15) is 11.6 Å². The van der Waals surface area contributed by atoms with Crippen molar-refractivity contribution in [2.75, 3.05) is 7.11 Å². The standard InChI is InChI=1S/C31H35N5O2/c1-3-27-26-21-35(31(37)32-23-13-6-4-7-14-23)29(22-12-10-17-25(20-22)38-2)28-18-11-19-34(28)30(26)36(33-27)24-15-8-5-9-16-24/h5,8-12,15-20,23,29H,3-4,6-7,13-14,21H2,1-2H3,(H,32,37). The van der Waals surface area contributed by atoms with Gasteiger partial charge in [-0.25, -0.2) is 9.48 Å². The maximum atomic E-state index is 14.1. The highest BCUT2D eigenvalue weighted by atomic mass is 16.5. The average molecular weight is 510 g/mol. The molecule has 38 heavy (non-hydrogen) atoms. The van der Waals surface area contributed by atoms with Crippen LogP contribution in [-0.4, -0.2) is 38.4 Å². The summed E-state index contributed by atoms with van der Waals surface area (Å²) in [6.07, 6.45) is 8.53. The lowest BCUT2D eigenvalue weighted by atomic mass is 9.95. The zero-order chi connectivity index (χ0) is 26.1. The number of nitrogens with zero attached hydrogens (tertiary/aromatic N) is 4. The lowest BCUT2D eigenvalue weighted by Crippen LogP contribution is -2.46. The average Bonchev–Trinajstić information content (AvgIpc) is 3.55. The topological polar surface area (TPSA) is 64.3 Å². The van der Waals surface area contributed by atoms with Gasteiger partial charge in [-0.05, 0) is 61.2 Å². The highest BCUT2D eigenvalue weighted by molar-refractivity contribution is 5.76. The summed E-state index contributed by atoms with van der Waals surface area (Å²) in [7, 11) is 1.68. The van der Waals surface area contributed by atoms with Crippen LogP contribution in [-0.2, 0) is 13.0 Å². The molecule has 7 heteroatoms. The Hall–Kier alpha value is -4.00. The van der Waals surface area contributed by atoms with E-state index in [4.69, 9.17) is 9.84 Å². The molecule has 1 fully saturated rings. The second-order valence-corrected chi connectivity index (χ2v) is 10.2. The van der Waals surface area contributed by atoms with Crippen LogP contribution >= 0.6 is 0 Å². The van der Waals surface area contributed by atoms with Crippen molar-refractivity contribution >= 4 is 6.03 Å². The van der Waals surface area contributed by atoms with Gasteiger partial charge in [0.2, 0.25) is 0 Å². The molecular weight excluding hydrogens is 474 g/mol. The summed E-state index contributed by atoms with van der Waals surface area (Å²) in [4.78, 5) is 16.1. The minimum Gasteiger partial charge on any atom is -0.497 e. The van der Waals surface area contributed by atoms with E-state index in [1.54, 1.807) is 7.11 Å². The lowest BCUT2D eigenvalue weighted by Gasteiger charge is -2.33. The SMILES string of the molecule is CCc1nn(-c2ccccc2)c2c1CN(C(=O)NC1CCCCC1)C(c1cccc(OC)c1)c1cccn1-2. The Kier molecular flexibility index (Phi) is 6.66. The quantitative estimate of drug-likeness (QED) is 0.349. The summed E-state index contributed by atoms with van der Waals surface area (Å²) < 4.78 is 9.83. The zero-order valence-electron chi connectivity index (χ0n) is 22.1. The summed E-state index contributed by atoms with van der Waals surface area (Å²) in [6, 6.07) is 22.4. The van der Waals surface area contributed by atoms with E-state index in [-0.39, 0.29) is 18.1 Å². The third-order valence-corrected chi connectivity index (χ3v) is 7.91. The second-order valence-electron chi connectivity index (χ2n) is 10.2. The third kappa shape index (κ3) is 4.36.